The van der Waals surface area contributed by atoms with Gasteiger partial charge in [-0.1, -0.05) is 0 Å². The van der Waals surface area contributed by atoms with Crippen LogP contribution in [0.3, 0.4) is 0 Å². The van der Waals surface area contributed by atoms with Crippen LogP contribution in [0, 0.1) is 0 Å². The molecule has 0 saturated carbocycles. The van der Waals surface area contributed by atoms with Gasteiger partial charge in [0.25, 0.3) is 0 Å². The maximum atomic E-state index is 12.1. The molecule has 0 spiro atoms. The lowest BCUT2D eigenvalue weighted by Gasteiger charge is -2.26. The first-order valence-electron chi connectivity index (χ1n) is 4.93. The van der Waals surface area contributed by atoms with E-state index in [4.69, 9.17) is 5.73 Å². The van der Waals surface area contributed by atoms with Gasteiger partial charge in [0.1, 0.15) is 0 Å². The highest BCUT2D eigenvalue weighted by atomic mass is 32.2. The summed E-state index contributed by atoms with van der Waals surface area (Å²) < 4.78 is 23.5. The van der Waals surface area contributed by atoms with E-state index in [1.165, 1.54) is 0 Å². The molecule has 1 unspecified atom stereocenters. The van der Waals surface area contributed by atoms with E-state index in [0.29, 0.717) is 6.54 Å². The summed E-state index contributed by atoms with van der Waals surface area (Å²) >= 11 is 0. The van der Waals surface area contributed by atoms with Crippen LogP contribution in [0.25, 0.3) is 0 Å². The third-order valence-electron chi connectivity index (χ3n) is 3.05. The van der Waals surface area contributed by atoms with Crippen molar-refractivity contribution >= 4 is 9.84 Å². The van der Waals surface area contributed by atoms with Gasteiger partial charge in [0.2, 0.25) is 0 Å². The monoisotopic (exact) mass is 220 g/mol. The van der Waals surface area contributed by atoms with Crippen LogP contribution in [0.15, 0.2) is 0 Å². The topological polar surface area (TPSA) is 63.4 Å². The van der Waals surface area contributed by atoms with Crippen LogP contribution in [-0.2, 0) is 9.84 Å². The lowest BCUT2D eigenvalue weighted by molar-refractivity contribution is 0.416. The van der Waals surface area contributed by atoms with Gasteiger partial charge in [-0.2, -0.15) is 0 Å². The summed E-state index contributed by atoms with van der Waals surface area (Å²) in [5.41, 5.74) is 5.50. The Bertz CT molecular complexity index is 298. The molecule has 0 amide bonds. The summed E-state index contributed by atoms with van der Waals surface area (Å²) in [5.74, 6) is 0. The molecule has 0 aromatic carbocycles. The van der Waals surface area contributed by atoms with Crippen molar-refractivity contribution in [1.82, 2.24) is 4.90 Å². The highest BCUT2D eigenvalue weighted by molar-refractivity contribution is 7.93. The van der Waals surface area contributed by atoms with Gasteiger partial charge >= 0.3 is 0 Å². The molecule has 1 atom stereocenters. The summed E-state index contributed by atoms with van der Waals surface area (Å²) in [6.45, 7) is 5.12. The summed E-state index contributed by atoms with van der Waals surface area (Å²) in [5, 5.41) is -0.231. The molecule has 0 radical (unpaired) electrons. The number of hydrogen-bond acceptors (Lipinski definition) is 4. The molecule has 5 heteroatoms. The molecule has 1 saturated heterocycles. The van der Waals surface area contributed by atoms with Crippen LogP contribution < -0.4 is 5.73 Å². The minimum Gasteiger partial charge on any atom is -0.329 e. The molecule has 1 aliphatic heterocycles. The van der Waals surface area contributed by atoms with Crippen LogP contribution in [0.2, 0.25) is 0 Å². The zero-order valence-electron chi connectivity index (χ0n) is 9.16. The van der Waals surface area contributed by atoms with Gasteiger partial charge in [-0.05, 0) is 33.9 Å². The molecule has 1 rings (SSSR count). The summed E-state index contributed by atoms with van der Waals surface area (Å²) in [4.78, 5) is 2.05. The van der Waals surface area contributed by atoms with Crippen LogP contribution >= 0.6 is 0 Å². The van der Waals surface area contributed by atoms with Gasteiger partial charge in [0.15, 0.2) is 9.84 Å². The first-order valence-corrected chi connectivity index (χ1v) is 6.48. The molecule has 0 aromatic heterocycles. The van der Waals surface area contributed by atoms with Crippen molar-refractivity contribution in [1.29, 1.82) is 0 Å². The van der Waals surface area contributed by atoms with E-state index in [-0.39, 0.29) is 11.8 Å². The van der Waals surface area contributed by atoms with E-state index < -0.39 is 14.6 Å². The quantitative estimate of drug-likeness (QED) is 0.718. The second-order valence-electron chi connectivity index (χ2n) is 4.68. The number of nitrogens with zero attached hydrogens (tertiary/aromatic N) is 1. The van der Waals surface area contributed by atoms with Gasteiger partial charge in [0, 0.05) is 13.1 Å². The molecule has 2 N–H and O–H groups in total. The maximum Gasteiger partial charge on any atom is 0.160 e. The van der Waals surface area contributed by atoms with Crippen LogP contribution in [0.1, 0.15) is 20.3 Å². The molecule has 14 heavy (non-hydrogen) atoms. The van der Waals surface area contributed by atoms with Crippen molar-refractivity contribution in [2.75, 3.05) is 26.7 Å². The number of nitrogens with two attached hydrogens (primary N) is 1. The first-order chi connectivity index (χ1) is 6.31. The lowest BCUT2D eigenvalue weighted by Crippen LogP contribution is -2.45. The van der Waals surface area contributed by atoms with Crippen molar-refractivity contribution in [2.45, 2.75) is 30.3 Å². The average Bonchev–Trinajstić information content (AvgIpc) is 2.52. The molecule has 84 valence electrons. The molecule has 1 aliphatic rings. The maximum absolute atomic E-state index is 12.1. The number of rotatable bonds is 3. The Morgan fingerprint density at radius 2 is 2.07 bits per heavy atom. The van der Waals surface area contributed by atoms with Crippen molar-refractivity contribution in [3.8, 4) is 0 Å². The SMILES string of the molecule is CN1CCC(S(=O)(=O)C(C)(C)CN)C1. The molecule has 4 nitrogen and oxygen atoms in total. The van der Waals surface area contributed by atoms with Crippen LogP contribution in [0.4, 0.5) is 0 Å². The molecular weight excluding hydrogens is 200 g/mol. The Kier molecular flexibility index (Phi) is 3.23. The van der Waals surface area contributed by atoms with Crippen molar-refractivity contribution in [3.05, 3.63) is 0 Å². The van der Waals surface area contributed by atoms with Crippen LogP contribution in [-0.4, -0.2) is 50.0 Å². The Labute approximate surface area is 86.4 Å². The van der Waals surface area contributed by atoms with E-state index in [0.717, 1.165) is 13.0 Å². The van der Waals surface area contributed by atoms with Crippen molar-refractivity contribution in [2.24, 2.45) is 5.73 Å². The van der Waals surface area contributed by atoms with E-state index in [1.807, 2.05) is 7.05 Å². The Hall–Kier alpha value is -0.130. The first kappa shape index (κ1) is 11.9. The average molecular weight is 220 g/mol. The summed E-state index contributed by atoms with van der Waals surface area (Å²) in [6, 6.07) is 0. The fourth-order valence-electron chi connectivity index (χ4n) is 1.72. The second-order valence-corrected chi connectivity index (χ2v) is 7.54. The molecule has 0 aromatic rings. The predicted molar refractivity (Wildman–Crippen MR) is 58.0 cm³/mol. The minimum absolute atomic E-state index is 0.190. The standard InChI is InChI=1S/C9H20N2O2S/c1-9(2,7-10)14(12,13)8-4-5-11(3)6-8/h8H,4-7,10H2,1-3H3. The van der Waals surface area contributed by atoms with Crippen LogP contribution in [0.5, 0.6) is 0 Å². The van der Waals surface area contributed by atoms with E-state index in [1.54, 1.807) is 13.8 Å². The second kappa shape index (κ2) is 3.79. The zero-order valence-corrected chi connectivity index (χ0v) is 9.97. The third-order valence-corrected chi connectivity index (χ3v) is 6.02. The zero-order chi connectivity index (χ0) is 11.0. The predicted octanol–water partition coefficient (Wildman–Crippen LogP) is -0.157. The summed E-state index contributed by atoms with van der Waals surface area (Å²) in [7, 11) is -1.14. The highest BCUT2D eigenvalue weighted by Crippen LogP contribution is 2.25. The van der Waals surface area contributed by atoms with Crippen molar-refractivity contribution < 1.29 is 8.42 Å². The largest absolute Gasteiger partial charge is 0.329 e. The summed E-state index contributed by atoms with van der Waals surface area (Å²) in [6.07, 6.45) is 0.738. The molecule has 1 heterocycles. The number of likely N-dealkylation sites (tertiary alicyclic amines) is 1. The van der Waals surface area contributed by atoms with Gasteiger partial charge in [-0.3, -0.25) is 0 Å². The molecule has 0 bridgehead atoms. The Balaban J connectivity index is 2.86. The Morgan fingerprint density at radius 1 is 1.50 bits per heavy atom. The van der Waals surface area contributed by atoms with E-state index in [9.17, 15) is 8.42 Å². The molecule has 0 aliphatic carbocycles. The minimum atomic E-state index is -3.09. The van der Waals surface area contributed by atoms with Gasteiger partial charge in [-0.15, -0.1) is 0 Å². The fourth-order valence-corrected chi connectivity index (χ4v) is 3.72. The van der Waals surface area contributed by atoms with Gasteiger partial charge in [0.05, 0.1) is 10.00 Å². The normalized spacial score (nSPS) is 25.6. The Morgan fingerprint density at radius 3 is 2.43 bits per heavy atom. The van der Waals surface area contributed by atoms with E-state index >= 15 is 0 Å². The smallest absolute Gasteiger partial charge is 0.160 e. The number of hydrogen-bond donors (Lipinski definition) is 1. The lowest BCUT2D eigenvalue weighted by atomic mass is 10.2. The molecular formula is C9H20N2O2S. The van der Waals surface area contributed by atoms with E-state index in [2.05, 4.69) is 4.90 Å². The molecule has 1 fully saturated rings. The highest BCUT2D eigenvalue weighted by Gasteiger charge is 2.41. The van der Waals surface area contributed by atoms with Gasteiger partial charge < -0.3 is 10.6 Å². The van der Waals surface area contributed by atoms with Crippen molar-refractivity contribution in [3.63, 3.8) is 0 Å². The fraction of sp³-hybridized carbons (Fsp3) is 1.00. The van der Waals surface area contributed by atoms with Gasteiger partial charge in [-0.25, -0.2) is 8.42 Å². The third kappa shape index (κ3) is 1.94. The number of sulfone groups is 1.